The van der Waals surface area contributed by atoms with Crippen molar-refractivity contribution in [1.29, 1.82) is 0 Å². The summed E-state index contributed by atoms with van der Waals surface area (Å²) in [4.78, 5) is 13.4. The summed E-state index contributed by atoms with van der Waals surface area (Å²) in [6.45, 7) is 2.00. The van der Waals surface area contributed by atoms with E-state index in [1.807, 2.05) is 0 Å². The third-order valence-corrected chi connectivity index (χ3v) is 3.88. The van der Waals surface area contributed by atoms with Gasteiger partial charge in [0.2, 0.25) is 0 Å². The molecule has 1 heterocycles. The molecule has 1 fully saturated rings. The lowest BCUT2D eigenvalue weighted by Gasteiger charge is -2.30. The third-order valence-electron chi connectivity index (χ3n) is 3.88. The van der Waals surface area contributed by atoms with Gasteiger partial charge in [0.25, 0.3) is 5.91 Å². The molecule has 1 amide bonds. The van der Waals surface area contributed by atoms with Crippen molar-refractivity contribution in [3.05, 3.63) is 11.4 Å². The van der Waals surface area contributed by atoms with Crippen molar-refractivity contribution in [2.45, 2.75) is 38.9 Å². The number of amides is 1. The minimum atomic E-state index is -4.44. The first kappa shape index (κ1) is 15.7. The predicted molar refractivity (Wildman–Crippen MR) is 71.6 cm³/mol. The van der Waals surface area contributed by atoms with Gasteiger partial charge in [-0.1, -0.05) is 0 Å². The van der Waals surface area contributed by atoms with Crippen LogP contribution in [0.3, 0.4) is 0 Å². The van der Waals surface area contributed by atoms with Crippen LogP contribution in [0, 0.1) is 12.8 Å². The summed E-state index contributed by atoms with van der Waals surface area (Å²) in [5.74, 6) is -0.584. The fourth-order valence-corrected chi connectivity index (χ4v) is 2.49. The van der Waals surface area contributed by atoms with Gasteiger partial charge < -0.3 is 10.6 Å². The van der Waals surface area contributed by atoms with Crippen molar-refractivity contribution in [3.8, 4) is 0 Å². The van der Waals surface area contributed by atoms with E-state index in [4.69, 9.17) is 5.73 Å². The van der Waals surface area contributed by atoms with Crippen LogP contribution in [0.1, 0.15) is 35.9 Å². The Balaban J connectivity index is 2.33. The number of rotatable bonds is 4. The molecule has 0 aliphatic heterocycles. The zero-order chi connectivity index (χ0) is 15.9. The molecular weight excluding hydrogens is 285 g/mol. The lowest BCUT2D eigenvalue weighted by atomic mass is 10.1. The second kappa shape index (κ2) is 5.23. The maximum Gasteiger partial charge on any atom is 0.406 e. The molecule has 21 heavy (non-hydrogen) atoms. The van der Waals surface area contributed by atoms with E-state index in [0.717, 1.165) is 17.7 Å². The lowest BCUT2D eigenvalue weighted by Crippen LogP contribution is -2.46. The highest BCUT2D eigenvalue weighted by Gasteiger charge is 2.41. The second-order valence-electron chi connectivity index (χ2n) is 5.60. The molecule has 1 unspecified atom stereocenters. The number of carbonyl (C=O) groups is 1. The van der Waals surface area contributed by atoms with E-state index < -0.39 is 24.7 Å². The highest BCUT2D eigenvalue weighted by atomic mass is 19.4. The molecule has 5 nitrogen and oxygen atoms in total. The average molecular weight is 304 g/mol. The third kappa shape index (κ3) is 3.30. The van der Waals surface area contributed by atoms with E-state index >= 15 is 0 Å². The quantitative estimate of drug-likeness (QED) is 0.926. The summed E-state index contributed by atoms with van der Waals surface area (Å²) in [5.41, 5.74) is 6.38. The Hall–Kier alpha value is -1.73. The minimum absolute atomic E-state index is 0.0178. The van der Waals surface area contributed by atoms with Gasteiger partial charge in [0, 0.05) is 13.1 Å². The van der Waals surface area contributed by atoms with Crippen LogP contribution in [0.2, 0.25) is 0 Å². The SMILES string of the molecule is Cc1nn(C)c(C(=O)N(CC(F)(F)F)C(C)C2CC2)c1N. The molecule has 1 aromatic rings. The first-order chi connectivity index (χ1) is 9.61. The number of anilines is 1. The number of halogens is 3. The molecule has 2 N–H and O–H groups in total. The zero-order valence-electron chi connectivity index (χ0n) is 12.2. The molecule has 0 saturated heterocycles. The van der Waals surface area contributed by atoms with E-state index in [9.17, 15) is 18.0 Å². The Bertz CT molecular complexity index is 548. The van der Waals surface area contributed by atoms with Crippen molar-refractivity contribution in [2.24, 2.45) is 13.0 Å². The first-order valence-corrected chi connectivity index (χ1v) is 6.78. The summed E-state index contributed by atoms with van der Waals surface area (Å²) >= 11 is 0. The normalized spacial score (nSPS) is 16.9. The number of nitrogens with two attached hydrogens (primary N) is 1. The minimum Gasteiger partial charge on any atom is -0.395 e. The topological polar surface area (TPSA) is 64.2 Å². The number of hydrogen-bond acceptors (Lipinski definition) is 3. The molecule has 0 aromatic carbocycles. The highest BCUT2D eigenvalue weighted by Crippen LogP contribution is 2.37. The predicted octanol–water partition coefficient (Wildman–Crippen LogP) is 2.11. The van der Waals surface area contributed by atoms with Gasteiger partial charge in [-0.3, -0.25) is 9.48 Å². The van der Waals surface area contributed by atoms with Crippen molar-refractivity contribution in [2.75, 3.05) is 12.3 Å². The number of aromatic nitrogens is 2. The van der Waals surface area contributed by atoms with Crippen molar-refractivity contribution in [3.63, 3.8) is 0 Å². The van der Waals surface area contributed by atoms with Gasteiger partial charge in [0.05, 0.1) is 11.4 Å². The maximum atomic E-state index is 12.8. The van der Waals surface area contributed by atoms with Crippen LogP contribution in [-0.2, 0) is 7.05 Å². The van der Waals surface area contributed by atoms with Crippen molar-refractivity contribution < 1.29 is 18.0 Å². The van der Waals surface area contributed by atoms with Crippen LogP contribution in [0.4, 0.5) is 18.9 Å². The largest absolute Gasteiger partial charge is 0.406 e. The Morgan fingerprint density at radius 3 is 2.48 bits per heavy atom. The highest BCUT2D eigenvalue weighted by molar-refractivity contribution is 5.98. The van der Waals surface area contributed by atoms with E-state index in [-0.39, 0.29) is 17.3 Å². The van der Waals surface area contributed by atoms with E-state index in [1.165, 1.54) is 11.7 Å². The van der Waals surface area contributed by atoms with Crippen LogP contribution >= 0.6 is 0 Å². The molecule has 2 rings (SSSR count). The molecule has 118 valence electrons. The van der Waals surface area contributed by atoms with Gasteiger partial charge in [0.15, 0.2) is 0 Å². The van der Waals surface area contributed by atoms with Gasteiger partial charge in [-0.2, -0.15) is 18.3 Å². The molecule has 1 aliphatic rings. The first-order valence-electron chi connectivity index (χ1n) is 6.78. The number of nitrogen functional groups attached to an aromatic ring is 1. The van der Waals surface area contributed by atoms with Gasteiger partial charge in [-0.05, 0) is 32.6 Å². The second-order valence-corrected chi connectivity index (χ2v) is 5.60. The molecule has 1 atom stereocenters. The molecule has 1 aliphatic carbocycles. The molecule has 0 bridgehead atoms. The monoisotopic (exact) mass is 304 g/mol. The van der Waals surface area contributed by atoms with E-state index in [2.05, 4.69) is 5.10 Å². The molecule has 0 spiro atoms. The molecular formula is C13H19F3N4O. The van der Waals surface area contributed by atoms with Gasteiger partial charge >= 0.3 is 6.18 Å². The summed E-state index contributed by atoms with van der Waals surface area (Å²) < 4.78 is 39.6. The van der Waals surface area contributed by atoms with Crippen LogP contribution in [0.25, 0.3) is 0 Å². The number of nitrogens with zero attached hydrogens (tertiary/aromatic N) is 3. The fourth-order valence-electron chi connectivity index (χ4n) is 2.49. The van der Waals surface area contributed by atoms with Crippen LogP contribution in [0.5, 0.6) is 0 Å². The lowest BCUT2D eigenvalue weighted by molar-refractivity contribution is -0.144. The van der Waals surface area contributed by atoms with Gasteiger partial charge in [0.1, 0.15) is 12.2 Å². The van der Waals surface area contributed by atoms with Crippen LogP contribution in [-0.4, -0.2) is 39.4 Å². The fraction of sp³-hybridized carbons (Fsp3) is 0.692. The molecule has 8 heteroatoms. The molecule has 1 aromatic heterocycles. The Labute approximate surface area is 120 Å². The van der Waals surface area contributed by atoms with Gasteiger partial charge in [-0.15, -0.1) is 0 Å². The molecule has 0 radical (unpaired) electrons. The summed E-state index contributed by atoms with van der Waals surface area (Å²) in [7, 11) is 1.50. The number of hydrogen-bond donors (Lipinski definition) is 1. The van der Waals surface area contributed by atoms with Crippen LogP contribution < -0.4 is 5.73 Å². The Morgan fingerprint density at radius 1 is 1.52 bits per heavy atom. The Morgan fingerprint density at radius 2 is 2.10 bits per heavy atom. The molecule has 1 saturated carbocycles. The zero-order valence-corrected chi connectivity index (χ0v) is 12.2. The standard InChI is InChI=1S/C13H19F3N4O/c1-7-10(17)11(19(3)18-7)12(21)20(6-13(14,15)16)8(2)9-4-5-9/h8-9H,4-6,17H2,1-3H3. The Kier molecular flexibility index (Phi) is 3.90. The van der Waals surface area contributed by atoms with Crippen molar-refractivity contribution >= 4 is 11.6 Å². The number of aryl methyl sites for hydroxylation is 2. The average Bonchev–Trinajstić information content (AvgIpc) is 3.14. The number of carbonyl (C=O) groups excluding carboxylic acids is 1. The smallest absolute Gasteiger partial charge is 0.395 e. The van der Waals surface area contributed by atoms with Crippen molar-refractivity contribution in [1.82, 2.24) is 14.7 Å². The van der Waals surface area contributed by atoms with E-state index in [1.54, 1.807) is 13.8 Å². The van der Waals surface area contributed by atoms with Gasteiger partial charge in [-0.25, -0.2) is 0 Å². The van der Waals surface area contributed by atoms with Crippen LogP contribution in [0.15, 0.2) is 0 Å². The van der Waals surface area contributed by atoms with E-state index in [0.29, 0.717) is 5.69 Å². The summed E-state index contributed by atoms with van der Waals surface area (Å²) in [6, 6.07) is -0.464. The summed E-state index contributed by atoms with van der Waals surface area (Å²) in [6.07, 6.45) is -2.74. The number of alkyl halides is 3. The maximum absolute atomic E-state index is 12.8. The summed E-state index contributed by atoms with van der Waals surface area (Å²) in [5, 5.41) is 3.99.